The number of aromatic hydroxyl groups is 1. The van der Waals surface area contributed by atoms with E-state index < -0.39 is 0 Å². The molecule has 1 aliphatic rings. The van der Waals surface area contributed by atoms with E-state index in [0.717, 1.165) is 31.6 Å². The fourth-order valence-corrected chi connectivity index (χ4v) is 2.01. The van der Waals surface area contributed by atoms with Crippen molar-refractivity contribution >= 4 is 0 Å². The number of pyridine rings is 1. The standard InChI is InChI=1S/C11H16N2O/c1-13-7-4-9(5-8-13)11-10(14)3-2-6-12-11/h2-3,6,9,14H,4-5,7-8H2,1H3. The van der Waals surface area contributed by atoms with E-state index in [-0.39, 0.29) is 0 Å². The van der Waals surface area contributed by atoms with Gasteiger partial charge in [-0.1, -0.05) is 0 Å². The lowest BCUT2D eigenvalue weighted by molar-refractivity contribution is 0.251. The van der Waals surface area contributed by atoms with Crippen LogP contribution in [0.1, 0.15) is 24.5 Å². The van der Waals surface area contributed by atoms with Gasteiger partial charge in [0.25, 0.3) is 0 Å². The Labute approximate surface area is 84.4 Å². The van der Waals surface area contributed by atoms with Crippen molar-refractivity contribution in [2.75, 3.05) is 20.1 Å². The van der Waals surface area contributed by atoms with Crippen LogP contribution in [0.25, 0.3) is 0 Å². The lowest BCUT2D eigenvalue weighted by Crippen LogP contribution is -2.29. The van der Waals surface area contributed by atoms with Gasteiger partial charge < -0.3 is 10.0 Å². The topological polar surface area (TPSA) is 36.4 Å². The normalized spacial score (nSPS) is 19.8. The van der Waals surface area contributed by atoms with Gasteiger partial charge in [0.2, 0.25) is 0 Å². The summed E-state index contributed by atoms with van der Waals surface area (Å²) in [6.07, 6.45) is 3.95. The van der Waals surface area contributed by atoms with Gasteiger partial charge in [-0.2, -0.15) is 0 Å². The highest BCUT2D eigenvalue weighted by atomic mass is 16.3. The molecule has 2 rings (SSSR count). The lowest BCUT2D eigenvalue weighted by Gasteiger charge is -2.28. The van der Waals surface area contributed by atoms with Gasteiger partial charge in [0.1, 0.15) is 5.75 Å². The largest absolute Gasteiger partial charge is 0.506 e. The summed E-state index contributed by atoms with van der Waals surface area (Å²) < 4.78 is 0. The summed E-state index contributed by atoms with van der Waals surface area (Å²) in [5.74, 6) is 0.787. The molecule has 1 N–H and O–H groups in total. The third-order valence-corrected chi connectivity index (χ3v) is 2.92. The minimum Gasteiger partial charge on any atom is -0.506 e. The van der Waals surface area contributed by atoms with Gasteiger partial charge in [-0.25, -0.2) is 0 Å². The number of aromatic nitrogens is 1. The Morgan fingerprint density at radius 1 is 1.43 bits per heavy atom. The summed E-state index contributed by atoms with van der Waals surface area (Å²) in [6.45, 7) is 2.20. The molecule has 1 saturated heterocycles. The molecule has 1 aromatic heterocycles. The van der Waals surface area contributed by atoms with E-state index in [1.807, 2.05) is 0 Å². The number of nitrogens with zero attached hydrogens (tertiary/aromatic N) is 2. The van der Waals surface area contributed by atoms with Crippen molar-refractivity contribution < 1.29 is 5.11 Å². The molecule has 0 saturated carbocycles. The van der Waals surface area contributed by atoms with Gasteiger partial charge in [-0.3, -0.25) is 4.98 Å². The van der Waals surface area contributed by atoms with Crippen LogP contribution in [0.3, 0.4) is 0 Å². The zero-order valence-corrected chi connectivity index (χ0v) is 8.48. The van der Waals surface area contributed by atoms with E-state index in [9.17, 15) is 5.11 Å². The van der Waals surface area contributed by atoms with Gasteiger partial charge in [-0.05, 0) is 45.1 Å². The number of piperidine rings is 1. The number of rotatable bonds is 1. The van der Waals surface area contributed by atoms with Crippen LogP contribution in [0.4, 0.5) is 0 Å². The van der Waals surface area contributed by atoms with Crippen LogP contribution in [0, 0.1) is 0 Å². The van der Waals surface area contributed by atoms with Crippen LogP contribution in [-0.2, 0) is 0 Å². The predicted molar refractivity (Wildman–Crippen MR) is 55.4 cm³/mol. The maximum absolute atomic E-state index is 9.65. The highest BCUT2D eigenvalue weighted by Gasteiger charge is 2.21. The summed E-state index contributed by atoms with van der Waals surface area (Å²) in [6, 6.07) is 3.49. The van der Waals surface area contributed by atoms with Crippen molar-refractivity contribution in [2.24, 2.45) is 0 Å². The summed E-state index contributed by atoms with van der Waals surface area (Å²) in [5, 5.41) is 9.65. The second kappa shape index (κ2) is 3.96. The third-order valence-electron chi connectivity index (χ3n) is 2.92. The molecule has 1 aliphatic heterocycles. The Morgan fingerprint density at radius 3 is 2.79 bits per heavy atom. The van der Waals surface area contributed by atoms with E-state index in [1.54, 1.807) is 18.3 Å². The Bertz CT molecular complexity index is 306. The number of hydrogen-bond donors (Lipinski definition) is 1. The van der Waals surface area contributed by atoms with Crippen molar-refractivity contribution in [3.8, 4) is 5.75 Å². The SMILES string of the molecule is CN1CCC(c2ncccc2O)CC1. The average molecular weight is 192 g/mol. The van der Waals surface area contributed by atoms with Gasteiger partial charge in [0.15, 0.2) is 0 Å². The maximum Gasteiger partial charge on any atom is 0.137 e. The Kier molecular flexibility index (Phi) is 2.68. The van der Waals surface area contributed by atoms with E-state index in [0.29, 0.717) is 11.7 Å². The summed E-state index contributed by atoms with van der Waals surface area (Å²) in [7, 11) is 2.13. The molecule has 0 atom stereocenters. The fourth-order valence-electron chi connectivity index (χ4n) is 2.01. The highest BCUT2D eigenvalue weighted by molar-refractivity contribution is 5.28. The highest BCUT2D eigenvalue weighted by Crippen LogP contribution is 2.30. The zero-order chi connectivity index (χ0) is 9.97. The van der Waals surface area contributed by atoms with E-state index in [1.165, 1.54) is 0 Å². The third kappa shape index (κ3) is 1.87. The van der Waals surface area contributed by atoms with Crippen molar-refractivity contribution in [3.63, 3.8) is 0 Å². The molecule has 3 heteroatoms. The smallest absolute Gasteiger partial charge is 0.137 e. The molecule has 0 radical (unpaired) electrons. The quantitative estimate of drug-likeness (QED) is 0.734. The van der Waals surface area contributed by atoms with E-state index >= 15 is 0 Å². The monoisotopic (exact) mass is 192 g/mol. The maximum atomic E-state index is 9.65. The zero-order valence-electron chi connectivity index (χ0n) is 8.48. The Morgan fingerprint density at radius 2 is 2.14 bits per heavy atom. The van der Waals surface area contributed by atoms with Crippen molar-refractivity contribution in [1.29, 1.82) is 0 Å². The minimum absolute atomic E-state index is 0.349. The molecule has 0 unspecified atom stereocenters. The first-order valence-electron chi connectivity index (χ1n) is 5.10. The number of hydrogen-bond acceptors (Lipinski definition) is 3. The average Bonchev–Trinajstić information content (AvgIpc) is 2.20. The second-order valence-electron chi connectivity index (χ2n) is 3.99. The van der Waals surface area contributed by atoms with Crippen LogP contribution < -0.4 is 0 Å². The van der Waals surface area contributed by atoms with Gasteiger partial charge >= 0.3 is 0 Å². The van der Waals surface area contributed by atoms with Crippen LogP contribution in [0.15, 0.2) is 18.3 Å². The van der Waals surface area contributed by atoms with Crippen LogP contribution in [0.5, 0.6) is 5.75 Å². The van der Waals surface area contributed by atoms with Crippen LogP contribution >= 0.6 is 0 Å². The summed E-state index contributed by atoms with van der Waals surface area (Å²) in [5.41, 5.74) is 0.876. The first kappa shape index (κ1) is 9.46. The van der Waals surface area contributed by atoms with E-state index in [4.69, 9.17) is 0 Å². The molecule has 2 heterocycles. The number of likely N-dealkylation sites (tertiary alicyclic amines) is 1. The molecule has 1 fully saturated rings. The second-order valence-corrected chi connectivity index (χ2v) is 3.99. The van der Waals surface area contributed by atoms with Gasteiger partial charge in [0, 0.05) is 12.1 Å². The molecule has 76 valence electrons. The van der Waals surface area contributed by atoms with Crippen LogP contribution in [0.2, 0.25) is 0 Å². The molecule has 0 amide bonds. The molecule has 0 aromatic carbocycles. The summed E-state index contributed by atoms with van der Waals surface area (Å²) >= 11 is 0. The molecule has 0 spiro atoms. The fraction of sp³-hybridized carbons (Fsp3) is 0.545. The van der Waals surface area contributed by atoms with Crippen molar-refractivity contribution in [1.82, 2.24) is 9.88 Å². The molecular formula is C11H16N2O. The summed E-state index contributed by atoms with van der Waals surface area (Å²) in [4.78, 5) is 6.57. The molecule has 0 bridgehead atoms. The van der Waals surface area contributed by atoms with Crippen LogP contribution in [-0.4, -0.2) is 35.1 Å². The molecular weight excluding hydrogens is 176 g/mol. The Balaban J connectivity index is 2.12. The van der Waals surface area contributed by atoms with Crippen molar-refractivity contribution in [3.05, 3.63) is 24.0 Å². The molecule has 14 heavy (non-hydrogen) atoms. The molecule has 0 aliphatic carbocycles. The predicted octanol–water partition coefficient (Wildman–Crippen LogP) is 1.60. The van der Waals surface area contributed by atoms with Gasteiger partial charge in [-0.15, -0.1) is 0 Å². The van der Waals surface area contributed by atoms with Gasteiger partial charge in [0.05, 0.1) is 5.69 Å². The first-order chi connectivity index (χ1) is 6.77. The Hall–Kier alpha value is -1.09. The minimum atomic E-state index is 0.349. The van der Waals surface area contributed by atoms with Crippen molar-refractivity contribution in [2.45, 2.75) is 18.8 Å². The first-order valence-corrected chi connectivity index (χ1v) is 5.10. The lowest BCUT2D eigenvalue weighted by atomic mass is 9.93. The molecule has 3 nitrogen and oxygen atoms in total. The van der Waals surface area contributed by atoms with E-state index in [2.05, 4.69) is 16.9 Å². The molecule has 1 aromatic rings.